The molecule has 1 aromatic rings. The van der Waals surface area contributed by atoms with Crippen molar-refractivity contribution in [2.45, 2.75) is 79.6 Å². The van der Waals surface area contributed by atoms with E-state index in [0.29, 0.717) is 0 Å². The Kier molecular flexibility index (Phi) is 14.6. The third-order valence-electron chi connectivity index (χ3n) is 4.00. The van der Waals surface area contributed by atoms with Crippen molar-refractivity contribution < 1.29 is 0 Å². The molecule has 1 aromatic carbocycles. The molecule has 0 spiro atoms. The quantitative estimate of drug-likeness (QED) is 0.345. The monoisotopic (exact) mass is 338 g/mol. The van der Waals surface area contributed by atoms with Gasteiger partial charge in [0.05, 0.1) is 0 Å². The zero-order valence-corrected chi connectivity index (χ0v) is 17.2. The Hall–Kier alpha value is -1.78. The first-order valence-electron chi connectivity index (χ1n) is 10.1. The van der Waals surface area contributed by atoms with E-state index in [1.165, 1.54) is 55.2 Å². The van der Waals surface area contributed by atoms with Crippen molar-refractivity contribution in [3.63, 3.8) is 0 Å². The first-order chi connectivity index (χ1) is 12.2. The highest BCUT2D eigenvalue weighted by Crippen LogP contribution is 2.23. The van der Waals surface area contributed by atoms with Crippen LogP contribution < -0.4 is 0 Å². The van der Waals surface area contributed by atoms with Gasteiger partial charge in [-0.05, 0) is 48.3 Å². The topological polar surface area (TPSA) is 0 Å². The van der Waals surface area contributed by atoms with Gasteiger partial charge in [-0.3, -0.25) is 0 Å². The molecule has 0 saturated carbocycles. The minimum absolute atomic E-state index is 0.968. The fraction of sp³-hybridized carbons (Fsp3) is 0.480. The Morgan fingerprint density at radius 3 is 2.16 bits per heavy atom. The maximum absolute atomic E-state index is 3.96. The number of allylic oxidation sites excluding steroid dienone is 4. The van der Waals surface area contributed by atoms with Crippen molar-refractivity contribution in [2.24, 2.45) is 0 Å². The van der Waals surface area contributed by atoms with Crippen molar-refractivity contribution in [2.75, 3.05) is 0 Å². The summed E-state index contributed by atoms with van der Waals surface area (Å²) in [6, 6.07) is 8.52. The molecule has 0 aromatic heterocycles. The van der Waals surface area contributed by atoms with E-state index in [1.807, 2.05) is 26.8 Å². The van der Waals surface area contributed by atoms with Gasteiger partial charge < -0.3 is 0 Å². The van der Waals surface area contributed by atoms with Crippen LogP contribution in [0.15, 0.2) is 54.8 Å². The Balaban J connectivity index is 0.000000493. The summed E-state index contributed by atoms with van der Waals surface area (Å²) in [4.78, 5) is 0. The molecule has 0 N–H and O–H groups in total. The molecule has 0 nitrogen and oxygen atoms in total. The Morgan fingerprint density at radius 2 is 1.68 bits per heavy atom. The second-order valence-corrected chi connectivity index (χ2v) is 6.21. The molecular weight excluding hydrogens is 300 g/mol. The van der Waals surface area contributed by atoms with E-state index >= 15 is 0 Å². The van der Waals surface area contributed by atoms with Gasteiger partial charge in [0.25, 0.3) is 0 Å². The van der Waals surface area contributed by atoms with Crippen LogP contribution in [0.25, 0.3) is 11.1 Å². The predicted molar refractivity (Wildman–Crippen MR) is 117 cm³/mol. The summed E-state index contributed by atoms with van der Waals surface area (Å²) in [5.41, 5.74) is 8.03. The van der Waals surface area contributed by atoms with Crippen molar-refractivity contribution in [1.82, 2.24) is 0 Å². The van der Waals surface area contributed by atoms with E-state index in [-0.39, 0.29) is 0 Å². The van der Waals surface area contributed by atoms with Crippen molar-refractivity contribution in [3.05, 3.63) is 65.9 Å². The van der Waals surface area contributed by atoms with Crippen LogP contribution in [-0.4, -0.2) is 0 Å². The fourth-order valence-electron chi connectivity index (χ4n) is 2.51. The lowest BCUT2D eigenvalue weighted by Gasteiger charge is -2.08. The van der Waals surface area contributed by atoms with Gasteiger partial charge in [-0.1, -0.05) is 103 Å². The third kappa shape index (κ3) is 10.6. The molecule has 0 atom stereocenters. The number of unbranched alkanes of at least 4 members (excludes halogenated alkanes) is 5. The second kappa shape index (κ2) is 15.7. The molecule has 0 amide bonds. The molecule has 0 bridgehead atoms. The van der Waals surface area contributed by atoms with E-state index in [2.05, 4.69) is 62.6 Å². The van der Waals surface area contributed by atoms with Crippen LogP contribution in [0.3, 0.4) is 0 Å². The minimum atomic E-state index is 0.968. The van der Waals surface area contributed by atoms with E-state index in [9.17, 15) is 0 Å². The summed E-state index contributed by atoms with van der Waals surface area (Å²) in [6.45, 7) is 14.5. The molecule has 0 fully saturated rings. The smallest absolute Gasteiger partial charge is 0.00151 e. The highest BCUT2D eigenvalue weighted by atomic mass is 14.1. The van der Waals surface area contributed by atoms with Crippen LogP contribution in [0.1, 0.15) is 90.7 Å². The average molecular weight is 339 g/mol. The Labute approximate surface area is 157 Å². The van der Waals surface area contributed by atoms with Crippen LogP contribution >= 0.6 is 0 Å². The lowest BCUT2D eigenvalue weighted by Crippen LogP contribution is -1.87. The summed E-state index contributed by atoms with van der Waals surface area (Å²) in [6.07, 6.45) is 15.6. The molecule has 0 heteroatoms. The molecule has 1 aliphatic carbocycles. The van der Waals surface area contributed by atoms with Gasteiger partial charge in [0.1, 0.15) is 0 Å². The van der Waals surface area contributed by atoms with E-state index in [4.69, 9.17) is 0 Å². The summed E-state index contributed by atoms with van der Waals surface area (Å²) in [5, 5.41) is 0. The number of benzene rings is 1. The zero-order chi connectivity index (χ0) is 18.9. The molecule has 0 aliphatic heterocycles. The standard InChI is InChI=1S/C15H14.C8H18.C2H6/c1-12(2)14-9-6-10-15(11-14)13-7-4-3-5-8-13;1-3-5-7-8-6-4-2;1-2/h4-7,9-11H,1,8H2,2H3;3-8H2,1-2H3;1-2H3. The molecule has 0 radical (unpaired) electrons. The third-order valence-corrected chi connectivity index (χ3v) is 4.00. The van der Waals surface area contributed by atoms with E-state index < -0.39 is 0 Å². The van der Waals surface area contributed by atoms with Gasteiger partial charge in [0.2, 0.25) is 0 Å². The molecule has 2 rings (SSSR count). The van der Waals surface area contributed by atoms with Crippen LogP contribution in [0.5, 0.6) is 0 Å². The number of hydrogen-bond donors (Lipinski definition) is 0. The zero-order valence-electron chi connectivity index (χ0n) is 17.2. The highest BCUT2D eigenvalue weighted by molar-refractivity contribution is 5.73. The van der Waals surface area contributed by atoms with Crippen LogP contribution in [0, 0.1) is 0 Å². The molecule has 0 heterocycles. The molecule has 0 unspecified atom stereocenters. The van der Waals surface area contributed by atoms with Crippen molar-refractivity contribution in [3.8, 4) is 0 Å². The predicted octanol–water partition coefficient (Wildman–Crippen LogP) is 8.61. The maximum Gasteiger partial charge on any atom is -0.00151 e. The van der Waals surface area contributed by atoms with Gasteiger partial charge >= 0.3 is 0 Å². The number of rotatable bonds is 7. The lowest BCUT2D eigenvalue weighted by atomic mass is 9.97. The first-order valence-corrected chi connectivity index (χ1v) is 10.1. The van der Waals surface area contributed by atoms with Crippen LogP contribution in [0.2, 0.25) is 0 Å². The highest BCUT2D eigenvalue weighted by Gasteiger charge is 2.02. The molecule has 1 aliphatic rings. The molecule has 25 heavy (non-hydrogen) atoms. The summed E-state index contributed by atoms with van der Waals surface area (Å²) in [5.74, 6) is 0. The molecular formula is C25H38. The normalized spacial score (nSPS) is 11.6. The van der Waals surface area contributed by atoms with Gasteiger partial charge in [-0.25, -0.2) is 0 Å². The first kappa shape index (κ1) is 23.2. The van der Waals surface area contributed by atoms with E-state index in [0.717, 1.165) is 12.0 Å². The second-order valence-electron chi connectivity index (χ2n) is 6.21. The maximum atomic E-state index is 3.96. The summed E-state index contributed by atoms with van der Waals surface area (Å²) in [7, 11) is 0. The summed E-state index contributed by atoms with van der Waals surface area (Å²) >= 11 is 0. The largest absolute Gasteiger partial charge is 0.125 e. The van der Waals surface area contributed by atoms with Crippen molar-refractivity contribution in [1.29, 1.82) is 0 Å². The van der Waals surface area contributed by atoms with Gasteiger partial charge in [0.15, 0.2) is 0 Å². The van der Waals surface area contributed by atoms with E-state index in [1.54, 1.807) is 0 Å². The lowest BCUT2D eigenvalue weighted by molar-refractivity contribution is 0.624. The van der Waals surface area contributed by atoms with Gasteiger partial charge in [0, 0.05) is 0 Å². The van der Waals surface area contributed by atoms with Crippen molar-refractivity contribution >= 4 is 11.1 Å². The van der Waals surface area contributed by atoms with Crippen LogP contribution in [-0.2, 0) is 0 Å². The summed E-state index contributed by atoms with van der Waals surface area (Å²) < 4.78 is 0. The van der Waals surface area contributed by atoms with Gasteiger partial charge in [-0.15, -0.1) is 5.73 Å². The number of hydrogen-bond acceptors (Lipinski definition) is 0. The Bertz CT molecular complexity index is 559. The average Bonchev–Trinajstić information content (AvgIpc) is 2.68. The minimum Gasteiger partial charge on any atom is -0.125 e. The molecule has 138 valence electrons. The van der Waals surface area contributed by atoms with Gasteiger partial charge in [-0.2, -0.15) is 0 Å². The Morgan fingerprint density at radius 1 is 1.04 bits per heavy atom. The van der Waals surface area contributed by atoms with Crippen LogP contribution in [0.4, 0.5) is 0 Å². The fourth-order valence-corrected chi connectivity index (χ4v) is 2.51. The SMILES string of the molecule is C=C(C)c1cccc(C2=CC=C=CC2)c1.CC.CCCCCCCC. The molecule has 0 saturated heterocycles.